The number of benzene rings is 1. The predicted molar refractivity (Wildman–Crippen MR) is 59.5 cm³/mol. The molecule has 1 N–H and O–H groups in total. The third-order valence-corrected chi connectivity index (χ3v) is 2.31. The molecule has 1 heterocycles. The number of hydrogen-bond acceptors (Lipinski definition) is 3. The largest absolute Gasteiger partial charge is 0.506 e. The Morgan fingerprint density at radius 1 is 1.35 bits per heavy atom. The van der Waals surface area contributed by atoms with Crippen LogP contribution in [0.25, 0.3) is 10.9 Å². The van der Waals surface area contributed by atoms with E-state index in [9.17, 15) is 13.9 Å². The summed E-state index contributed by atoms with van der Waals surface area (Å²) in [6.45, 7) is 2.36. The van der Waals surface area contributed by atoms with Gasteiger partial charge in [0.15, 0.2) is 0 Å². The van der Waals surface area contributed by atoms with Crippen LogP contribution < -0.4 is 4.74 Å². The molecule has 0 aliphatic rings. The lowest BCUT2D eigenvalue weighted by Gasteiger charge is -2.07. The summed E-state index contributed by atoms with van der Waals surface area (Å²) in [7, 11) is 0. The van der Waals surface area contributed by atoms with Gasteiger partial charge in [-0.3, -0.25) is 0 Å². The van der Waals surface area contributed by atoms with Gasteiger partial charge in [0.2, 0.25) is 0 Å². The smallest absolute Gasteiger partial charge is 0.284 e. The Morgan fingerprint density at radius 3 is 2.76 bits per heavy atom. The molecule has 0 unspecified atom stereocenters. The van der Waals surface area contributed by atoms with Gasteiger partial charge in [0, 0.05) is 5.39 Å². The average Bonchev–Trinajstić information content (AvgIpc) is 2.28. The number of aromatic nitrogens is 1. The van der Waals surface area contributed by atoms with Gasteiger partial charge in [0.25, 0.3) is 6.43 Å². The van der Waals surface area contributed by atoms with E-state index in [4.69, 9.17) is 4.74 Å². The third kappa shape index (κ3) is 2.27. The van der Waals surface area contributed by atoms with Crippen LogP contribution in [0.1, 0.15) is 19.0 Å². The van der Waals surface area contributed by atoms with Crippen LogP contribution in [0, 0.1) is 0 Å². The molecule has 0 amide bonds. The number of pyridine rings is 1. The summed E-state index contributed by atoms with van der Waals surface area (Å²) < 4.78 is 30.3. The number of rotatable bonds is 3. The maximum absolute atomic E-state index is 12.5. The fraction of sp³-hybridized carbons (Fsp3) is 0.250. The van der Waals surface area contributed by atoms with Crippen molar-refractivity contribution in [1.29, 1.82) is 0 Å². The third-order valence-electron chi connectivity index (χ3n) is 2.31. The van der Waals surface area contributed by atoms with Gasteiger partial charge in [-0.05, 0) is 31.2 Å². The minimum atomic E-state index is -2.79. The van der Waals surface area contributed by atoms with Gasteiger partial charge < -0.3 is 9.84 Å². The Hall–Kier alpha value is -1.91. The number of ether oxygens (including phenoxy) is 1. The van der Waals surface area contributed by atoms with E-state index in [1.165, 1.54) is 6.07 Å². The van der Waals surface area contributed by atoms with Crippen molar-refractivity contribution in [3.8, 4) is 11.5 Å². The highest BCUT2D eigenvalue weighted by Gasteiger charge is 2.15. The van der Waals surface area contributed by atoms with Gasteiger partial charge in [-0.25, -0.2) is 13.8 Å². The molecule has 1 aromatic heterocycles. The highest BCUT2D eigenvalue weighted by atomic mass is 19.3. The Labute approximate surface area is 96.7 Å². The van der Waals surface area contributed by atoms with E-state index >= 15 is 0 Å². The first-order valence-electron chi connectivity index (χ1n) is 5.16. The first-order valence-corrected chi connectivity index (χ1v) is 5.16. The molecule has 0 saturated carbocycles. The molecule has 2 aromatic rings. The molecule has 0 aliphatic heterocycles. The van der Waals surface area contributed by atoms with Crippen LogP contribution in [0.4, 0.5) is 8.78 Å². The molecule has 0 atom stereocenters. The lowest BCUT2D eigenvalue weighted by molar-refractivity contribution is 0.142. The van der Waals surface area contributed by atoms with E-state index in [0.29, 0.717) is 23.3 Å². The molecule has 0 spiro atoms. The summed E-state index contributed by atoms with van der Waals surface area (Å²) in [4.78, 5) is 3.72. The lowest BCUT2D eigenvalue weighted by atomic mass is 10.2. The molecule has 17 heavy (non-hydrogen) atoms. The highest BCUT2D eigenvalue weighted by molar-refractivity contribution is 5.81. The molecule has 0 bridgehead atoms. The normalized spacial score (nSPS) is 11.1. The van der Waals surface area contributed by atoms with Crippen molar-refractivity contribution < 1.29 is 18.6 Å². The Morgan fingerprint density at radius 2 is 2.12 bits per heavy atom. The molecule has 90 valence electrons. The first-order chi connectivity index (χ1) is 8.11. The highest BCUT2D eigenvalue weighted by Crippen LogP contribution is 2.30. The molecule has 1 aromatic carbocycles. The standard InChI is InChI=1S/C12H11F2NO2/c1-2-17-8-3-4-9-7(5-8)6-10(16)11(15-9)12(13)14/h3-6,12,16H,2H2,1H3. The van der Waals surface area contributed by atoms with Gasteiger partial charge in [-0.2, -0.15) is 0 Å². The van der Waals surface area contributed by atoms with Gasteiger partial charge in [0.05, 0.1) is 12.1 Å². The zero-order valence-corrected chi connectivity index (χ0v) is 9.15. The van der Waals surface area contributed by atoms with Crippen LogP contribution in [0.5, 0.6) is 11.5 Å². The molecular formula is C12H11F2NO2. The summed E-state index contributed by atoms with van der Waals surface area (Å²) in [5.74, 6) is 0.118. The van der Waals surface area contributed by atoms with Crippen LogP contribution in [0.3, 0.4) is 0 Å². The number of hydrogen-bond donors (Lipinski definition) is 1. The average molecular weight is 239 g/mol. The van der Waals surface area contributed by atoms with Gasteiger partial charge in [-0.1, -0.05) is 0 Å². The van der Waals surface area contributed by atoms with E-state index in [1.807, 2.05) is 6.92 Å². The van der Waals surface area contributed by atoms with Crippen molar-refractivity contribution >= 4 is 10.9 Å². The van der Waals surface area contributed by atoms with E-state index in [2.05, 4.69) is 4.98 Å². The van der Waals surface area contributed by atoms with Crippen LogP contribution >= 0.6 is 0 Å². The molecule has 0 aliphatic carbocycles. The quantitative estimate of drug-likeness (QED) is 0.893. The fourth-order valence-corrected chi connectivity index (χ4v) is 1.58. The van der Waals surface area contributed by atoms with E-state index in [-0.39, 0.29) is 0 Å². The first kappa shape index (κ1) is 11.6. The van der Waals surface area contributed by atoms with E-state index in [0.717, 1.165) is 0 Å². The molecule has 0 fully saturated rings. The maximum Gasteiger partial charge on any atom is 0.284 e. The second-order valence-electron chi connectivity index (χ2n) is 3.48. The molecule has 2 rings (SSSR count). The SMILES string of the molecule is CCOc1ccc2nc(C(F)F)c(O)cc2c1. The number of alkyl halides is 2. The van der Waals surface area contributed by atoms with Crippen molar-refractivity contribution in [3.63, 3.8) is 0 Å². The maximum atomic E-state index is 12.5. The van der Waals surface area contributed by atoms with Gasteiger partial charge in [0.1, 0.15) is 17.2 Å². The number of nitrogens with zero attached hydrogens (tertiary/aromatic N) is 1. The Balaban J connectivity index is 2.54. The number of fused-ring (bicyclic) bond motifs is 1. The van der Waals surface area contributed by atoms with Crippen LogP contribution in [0.2, 0.25) is 0 Å². The summed E-state index contributed by atoms with van der Waals surface area (Å²) >= 11 is 0. The van der Waals surface area contributed by atoms with Crippen molar-refractivity contribution in [2.45, 2.75) is 13.3 Å². The van der Waals surface area contributed by atoms with Crippen LogP contribution in [0.15, 0.2) is 24.3 Å². The number of halogens is 2. The fourth-order valence-electron chi connectivity index (χ4n) is 1.58. The monoisotopic (exact) mass is 239 g/mol. The number of aromatic hydroxyl groups is 1. The molecular weight excluding hydrogens is 228 g/mol. The lowest BCUT2D eigenvalue weighted by Crippen LogP contribution is -1.94. The van der Waals surface area contributed by atoms with Crippen molar-refractivity contribution in [2.75, 3.05) is 6.61 Å². The van der Waals surface area contributed by atoms with Crippen LogP contribution in [-0.4, -0.2) is 16.7 Å². The molecule has 3 nitrogen and oxygen atoms in total. The molecule has 0 radical (unpaired) electrons. The summed E-state index contributed by atoms with van der Waals surface area (Å²) in [5.41, 5.74) is -0.191. The van der Waals surface area contributed by atoms with Crippen molar-refractivity contribution in [3.05, 3.63) is 30.0 Å². The summed E-state index contributed by atoms with van der Waals surface area (Å²) in [5, 5.41) is 9.98. The minimum Gasteiger partial charge on any atom is -0.506 e. The van der Waals surface area contributed by atoms with E-state index < -0.39 is 17.9 Å². The predicted octanol–water partition coefficient (Wildman–Crippen LogP) is 3.28. The second kappa shape index (κ2) is 4.53. The van der Waals surface area contributed by atoms with Crippen LogP contribution in [-0.2, 0) is 0 Å². The van der Waals surface area contributed by atoms with E-state index in [1.54, 1.807) is 18.2 Å². The topological polar surface area (TPSA) is 42.4 Å². The van der Waals surface area contributed by atoms with Gasteiger partial charge >= 0.3 is 0 Å². The Bertz CT molecular complexity index is 543. The zero-order chi connectivity index (χ0) is 12.4. The Kier molecular flexibility index (Phi) is 3.08. The summed E-state index contributed by atoms with van der Waals surface area (Å²) in [6.07, 6.45) is -2.79. The molecule has 5 heteroatoms. The zero-order valence-electron chi connectivity index (χ0n) is 9.15. The minimum absolute atomic E-state index is 0.404. The summed E-state index contributed by atoms with van der Waals surface area (Å²) in [6, 6.07) is 6.17. The van der Waals surface area contributed by atoms with Crippen molar-refractivity contribution in [2.24, 2.45) is 0 Å². The van der Waals surface area contributed by atoms with Gasteiger partial charge in [-0.15, -0.1) is 0 Å². The van der Waals surface area contributed by atoms with Crippen molar-refractivity contribution in [1.82, 2.24) is 4.98 Å². The second-order valence-corrected chi connectivity index (χ2v) is 3.48. The molecule has 0 saturated heterocycles.